The molecule has 1 aliphatic heterocycles. The van der Waals surface area contributed by atoms with E-state index in [9.17, 15) is 13.2 Å². The molecule has 138 valence electrons. The number of hydrogen-bond acceptors (Lipinski definition) is 6. The highest BCUT2D eigenvalue weighted by Crippen LogP contribution is 2.30. The Bertz CT molecular complexity index is 899. The lowest BCUT2D eigenvalue weighted by molar-refractivity contribution is -0.119. The Morgan fingerprint density at radius 3 is 2.58 bits per heavy atom. The van der Waals surface area contributed by atoms with Gasteiger partial charge in [-0.05, 0) is 37.6 Å². The molecular formula is C18H21N3O3S2. The van der Waals surface area contributed by atoms with E-state index in [1.54, 1.807) is 0 Å². The van der Waals surface area contributed by atoms with Crippen LogP contribution in [-0.2, 0) is 14.6 Å². The molecule has 2 aromatic rings. The highest BCUT2D eigenvalue weighted by atomic mass is 32.2. The summed E-state index contributed by atoms with van der Waals surface area (Å²) in [5.74, 6) is -0.491. The molecular weight excluding hydrogens is 370 g/mol. The van der Waals surface area contributed by atoms with E-state index in [1.807, 2.05) is 47.9 Å². The van der Waals surface area contributed by atoms with E-state index >= 15 is 0 Å². The van der Waals surface area contributed by atoms with Gasteiger partial charge in [0, 0.05) is 11.6 Å². The van der Waals surface area contributed by atoms with Gasteiger partial charge in [-0.3, -0.25) is 4.79 Å². The monoisotopic (exact) mass is 391 g/mol. The van der Waals surface area contributed by atoms with Gasteiger partial charge in [0.2, 0.25) is 5.91 Å². The molecule has 1 aliphatic rings. The van der Waals surface area contributed by atoms with Gasteiger partial charge in [-0.15, -0.1) is 11.3 Å². The fraction of sp³-hybridized carbons (Fsp3) is 0.333. The standard InChI is InChI=1S/C18H21N3O3S2/c1-26(23,24)18(9-11-19-12-10-18)16(22)21-17-20-15(13-25-17)8-7-14-5-3-2-4-6-14/h2-8,13,19H,9-12H2,1H3,(H,20,21,22)/b8-7+. The van der Waals surface area contributed by atoms with Crippen LogP contribution < -0.4 is 10.6 Å². The van der Waals surface area contributed by atoms with Crippen molar-refractivity contribution in [3.63, 3.8) is 0 Å². The summed E-state index contributed by atoms with van der Waals surface area (Å²) < 4.78 is 23.2. The molecule has 1 saturated heterocycles. The number of carbonyl (C=O) groups excluding carboxylic acids is 1. The van der Waals surface area contributed by atoms with Crippen LogP contribution in [0.5, 0.6) is 0 Å². The number of sulfone groups is 1. The van der Waals surface area contributed by atoms with E-state index in [0.717, 1.165) is 11.8 Å². The number of nitrogens with one attached hydrogen (secondary N) is 2. The van der Waals surface area contributed by atoms with E-state index in [0.29, 0.717) is 23.9 Å². The van der Waals surface area contributed by atoms with Crippen LogP contribution in [-0.4, -0.2) is 43.4 Å². The largest absolute Gasteiger partial charge is 0.317 e. The average molecular weight is 392 g/mol. The lowest BCUT2D eigenvalue weighted by atomic mass is 9.96. The molecule has 2 heterocycles. The summed E-state index contributed by atoms with van der Waals surface area (Å²) >= 11 is 1.28. The van der Waals surface area contributed by atoms with Crippen molar-refractivity contribution >= 4 is 44.4 Å². The van der Waals surface area contributed by atoms with Gasteiger partial charge in [0.15, 0.2) is 19.7 Å². The van der Waals surface area contributed by atoms with Crippen molar-refractivity contribution in [2.24, 2.45) is 0 Å². The third-order valence-electron chi connectivity index (χ3n) is 4.52. The highest BCUT2D eigenvalue weighted by Gasteiger charge is 2.48. The van der Waals surface area contributed by atoms with E-state index in [-0.39, 0.29) is 12.8 Å². The summed E-state index contributed by atoms with van der Waals surface area (Å²) in [6.45, 7) is 1.01. The number of amides is 1. The Labute approximate surface area is 157 Å². The number of rotatable bonds is 5. The first-order valence-corrected chi connectivity index (χ1v) is 11.1. The molecule has 8 heteroatoms. The number of hydrogen-bond donors (Lipinski definition) is 2. The van der Waals surface area contributed by atoms with Crippen LogP contribution in [0.2, 0.25) is 0 Å². The summed E-state index contributed by atoms with van der Waals surface area (Å²) in [5.41, 5.74) is 1.77. The molecule has 0 atom stereocenters. The van der Waals surface area contributed by atoms with Crippen LogP contribution in [0.25, 0.3) is 12.2 Å². The first-order valence-electron chi connectivity index (χ1n) is 8.31. The quantitative estimate of drug-likeness (QED) is 0.817. The third-order valence-corrected chi connectivity index (χ3v) is 7.31. The lowest BCUT2D eigenvalue weighted by Crippen LogP contribution is -2.55. The predicted molar refractivity (Wildman–Crippen MR) is 106 cm³/mol. The second-order valence-electron chi connectivity index (χ2n) is 6.29. The Morgan fingerprint density at radius 2 is 1.92 bits per heavy atom. The van der Waals surface area contributed by atoms with Gasteiger partial charge in [0.05, 0.1) is 5.69 Å². The maximum atomic E-state index is 12.8. The van der Waals surface area contributed by atoms with Gasteiger partial charge >= 0.3 is 0 Å². The van der Waals surface area contributed by atoms with Crippen molar-refractivity contribution in [1.29, 1.82) is 0 Å². The minimum atomic E-state index is -3.54. The van der Waals surface area contributed by atoms with Crippen molar-refractivity contribution in [3.8, 4) is 0 Å². The van der Waals surface area contributed by atoms with Crippen molar-refractivity contribution in [2.75, 3.05) is 24.7 Å². The molecule has 0 radical (unpaired) electrons. The van der Waals surface area contributed by atoms with Crippen LogP contribution in [0, 0.1) is 0 Å². The molecule has 0 spiro atoms. The molecule has 0 unspecified atom stereocenters. The topological polar surface area (TPSA) is 88.2 Å². The normalized spacial score (nSPS) is 17.3. The summed E-state index contributed by atoms with van der Waals surface area (Å²) in [5, 5.41) is 8.04. The molecule has 2 N–H and O–H groups in total. The molecule has 1 aromatic carbocycles. The van der Waals surface area contributed by atoms with E-state index in [2.05, 4.69) is 15.6 Å². The van der Waals surface area contributed by atoms with Gasteiger partial charge in [-0.2, -0.15) is 0 Å². The van der Waals surface area contributed by atoms with E-state index in [4.69, 9.17) is 0 Å². The maximum Gasteiger partial charge on any atom is 0.247 e. The zero-order chi connectivity index (χ0) is 18.6. The smallest absolute Gasteiger partial charge is 0.247 e. The molecule has 26 heavy (non-hydrogen) atoms. The highest BCUT2D eigenvalue weighted by molar-refractivity contribution is 7.92. The van der Waals surface area contributed by atoms with Gasteiger partial charge < -0.3 is 10.6 Å². The molecule has 1 amide bonds. The zero-order valence-electron chi connectivity index (χ0n) is 14.4. The number of nitrogens with zero attached hydrogens (tertiary/aromatic N) is 1. The Kier molecular flexibility index (Phi) is 5.55. The Balaban J connectivity index is 1.74. The molecule has 0 aliphatic carbocycles. The zero-order valence-corrected chi connectivity index (χ0v) is 16.1. The minimum absolute atomic E-state index is 0.268. The number of thiazole rings is 1. The molecule has 0 bridgehead atoms. The SMILES string of the molecule is CS(=O)(=O)C1(C(=O)Nc2nc(/C=C/c3ccccc3)cs2)CCNCC1. The number of anilines is 1. The predicted octanol–water partition coefficient (Wildman–Crippen LogP) is 2.42. The second-order valence-corrected chi connectivity index (χ2v) is 9.48. The van der Waals surface area contributed by atoms with Crippen LogP contribution in [0.15, 0.2) is 35.7 Å². The van der Waals surface area contributed by atoms with Crippen LogP contribution in [0.3, 0.4) is 0 Å². The fourth-order valence-electron chi connectivity index (χ4n) is 2.97. The van der Waals surface area contributed by atoms with Crippen LogP contribution in [0.1, 0.15) is 24.1 Å². The van der Waals surface area contributed by atoms with Gasteiger partial charge in [0.25, 0.3) is 0 Å². The second kappa shape index (κ2) is 7.69. The molecule has 3 rings (SSSR count). The molecule has 6 nitrogen and oxygen atoms in total. The van der Waals surface area contributed by atoms with Crippen molar-refractivity contribution in [1.82, 2.24) is 10.3 Å². The third kappa shape index (κ3) is 4.03. The Hall–Kier alpha value is -2.03. The van der Waals surface area contributed by atoms with E-state index in [1.165, 1.54) is 11.3 Å². The number of benzene rings is 1. The fourth-order valence-corrected chi connectivity index (χ4v) is 4.98. The van der Waals surface area contributed by atoms with Crippen LogP contribution >= 0.6 is 11.3 Å². The van der Waals surface area contributed by atoms with Crippen molar-refractivity contribution in [3.05, 3.63) is 47.0 Å². The van der Waals surface area contributed by atoms with E-state index < -0.39 is 20.5 Å². The molecule has 1 fully saturated rings. The summed E-state index contributed by atoms with van der Waals surface area (Å²) in [4.78, 5) is 17.1. The lowest BCUT2D eigenvalue weighted by Gasteiger charge is -2.33. The first-order chi connectivity index (χ1) is 12.4. The average Bonchev–Trinajstić information content (AvgIpc) is 3.08. The van der Waals surface area contributed by atoms with Crippen molar-refractivity contribution < 1.29 is 13.2 Å². The first kappa shape index (κ1) is 18.8. The summed E-state index contributed by atoms with van der Waals surface area (Å²) in [6, 6.07) is 9.83. The van der Waals surface area contributed by atoms with Gasteiger partial charge in [0.1, 0.15) is 0 Å². The number of piperidine rings is 1. The maximum absolute atomic E-state index is 12.8. The van der Waals surface area contributed by atoms with Crippen LogP contribution in [0.4, 0.5) is 5.13 Å². The molecule has 0 saturated carbocycles. The van der Waals surface area contributed by atoms with Gasteiger partial charge in [-0.1, -0.05) is 36.4 Å². The van der Waals surface area contributed by atoms with Crippen molar-refractivity contribution in [2.45, 2.75) is 17.6 Å². The molecule has 1 aromatic heterocycles. The van der Waals surface area contributed by atoms with Gasteiger partial charge in [-0.25, -0.2) is 13.4 Å². The number of carbonyl (C=O) groups is 1. The Morgan fingerprint density at radius 1 is 1.23 bits per heavy atom. The number of aromatic nitrogens is 1. The summed E-state index contributed by atoms with van der Waals surface area (Å²) in [6.07, 6.45) is 5.46. The minimum Gasteiger partial charge on any atom is -0.317 e. The summed E-state index contributed by atoms with van der Waals surface area (Å²) in [7, 11) is -3.54.